The second-order valence-electron chi connectivity index (χ2n) is 7.66. The van der Waals surface area contributed by atoms with E-state index in [0.717, 1.165) is 22.9 Å². The number of nitrogens with zero attached hydrogens (tertiary/aromatic N) is 5. The van der Waals surface area contributed by atoms with E-state index in [4.69, 9.17) is 8.83 Å². The van der Waals surface area contributed by atoms with Gasteiger partial charge in [0.15, 0.2) is 11.5 Å². The highest BCUT2D eigenvalue weighted by molar-refractivity contribution is 5.92. The van der Waals surface area contributed by atoms with Gasteiger partial charge >= 0.3 is 6.18 Å². The van der Waals surface area contributed by atoms with Crippen LogP contribution in [-0.4, -0.2) is 37.3 Å². The number of amides is 1. The third-order valence-corrected chi connectivity index (χ3v) is 5.03. The predicted molar refractivity (Wildman–Crippen MR) is 117 cm³/mol. The van der Waals surface area contributed by atoms with Crippen LogP contribution in [0, 0.1) is 6.92 Å². The van der Waals surface area contributed by atoms with Crippen molar-refractivity contribution in [3.8, 4) is 17.3 Å². The second-order valence-corrected chi connectivity index (χ2v) is 7.66. The second kappa shape index (κ2) is 9.57. The van der Waals surface area contributed by atoms with Gasteiger partial charge in [0.05, 0.1) is 24.1 Å². The molecule has 9 nitrogen and oxygen atoms in total. The summed E-state index contributed by atoms with van der Waals surface area (Å²) >= 11 is 0. The molecule has 0 unspecified atom stereocenters. The Morgan fingerprint density at radius 3 is 2.63 bits per heavy atom. The smallest absolute Gasteiger partial charge is 0.416 e. The van der Waals surface area contributed by atoms with Gasteiger partial charge in [-0.05, 0) is 43.7 Å². The van der Waals surface area contributed by atoms with Crippen LogP contribution in [-0.2, 0) is 12.7 Å². The van der Waals surface area contributed by atoms with Crippen molar-refractivity contribution >= 4 is 5.91 Å². The Morgan fingerprint density at radius 1 is 1.14 bits per heavy atom. The average Bonchev–Trinajstić information content (AvgIpc) is 3.50. The molecule has 0 aliphatic carbocycles. The standard InChI is InChI=1S/C23H20F3N5O4/c1-3-9-30(13-19-27-28-21(35-19)18-8-5-10-34-18)22(33)20-17(32)11-14(2)31(29-20)16-7-4-6-15(12-16)23(24,25)26/h4-8,10-12H,3,9,13H2,1-2H3. The summed E-state index contributed by atoms with van der Waals surface area (Å²) in [5, 5.41) is 11.9. The summed E-state index contributed by atoms with van der Waals surface area (Å²) in [6.45, 7) is 3.50. The number of halogens is 3. The molecule has 1 aromatic carbocycles. The maximum atomic E-state index is 13.3. The lowest BCUT2D eigenvalue weighted by Gasteiger charge is -2.20. The number of benzene rings is 1. The van der Waals surface area contributed by atoms with E-state index in [0.29, 0.717) is 12.2 Å². The third kappa shape index (κ3) is 5.15. The Hall–Kier alpha value is -4.22. The van der Waals surface area contributed by atoms with E-state index in [1.54, 1.807) is 12.1 Å². The molecule has 3 aromatic heterocycles. The summed E-state index contributed by atoms with van der Waals surface area (Å²) in [6, 6.07) is 8.92. The first kappa shape index (κ1) is 23.9. The number of hydrogen-bond acceptors (Lipinski definition) is 7. The van der Waals surface area contributed by atoms with Gasteiger partial charge in [0, 0.05) is 18.3 Å². The highest BCUT2D eigenvalue weighted by Crippen LogP contribution is 2.30. The van der Waals surface area contributed by atoms with Crippen LogP contribution in [0.3, 0.4) is 0 Å². The number of aryl methyl sites for hydroxylation is 1. The molecule has 0 spiro atoms. The fraction of sp³-hybridized carbons (Fsp3) is 0.261. The van der Waals surface area contributed by atoms with E-state index in [2.05, 4.69) is 15.3 Å². The lowest BCUT2D eigenvalue weighted by atomic mass is 10.2. The monoisotopic (exact) mass is 487 g/mol. The molecule has 0 N–H and O–H groups in total. The van der Waals surface area contributed by atoms with E-state index in [1.165, 1.54) is 30.2 Å². The Balaban J connectivity index is 1.66. The van der Waals surface area contributed by atoms with Crippen LogP contribution in [0.15, 0.2) is 62.4 Å². The van der Waals surface area contributed by atoms with Crippen LogP contribution in [0.25, 0.3) is 17.3 Å². The van der Waals surface area contributed by atoms with Gasteiger partial charge in [-0.2, -0.15) is 18.3 Å². The lowest BCUT2D eigenvalue weighted by Crippen LogP contribution is -2.36. The molecule has 1 amide bonds. The molecule has 0 saturated carbocycles. The largest absolute Gasteiger partial charge is 0.459 e. The minimum atomic E-state index is -4.56. The normalized spacial score (nSPS) is 11.6. The van der Waals surface area contributed by atoms with Crippen LogP contribution in [0.4, 0.5) is 13.2 Å². The number of rotatable bonds is 7. The van der Waals surface area contributed by atoms with Crippen LogP contribution in [0.2, 0.25) is 0 Å². The van der Waals surface area contributed by atoms with Crippen LogP contribution in [0.5, 0.6) is 0 Å². The first-order chi connectivity index (χ1) is 16.7. The van der Waals surface area contributed by atoms with Gasteiger partial charge in [-0.15, -0.1) is 10.2 Å². The van der Waals surface area contributed by atoms with Crippen molar-refractivity contribution in [2.75, 3.05) is 6.54 Å². The number of alkyl halides is 3. The summed E-state index contributed by atoms with van der Waals surface area (Å²) in [5.74, 6) is -0.102. The van der Waals surface area contributed by atoms with E-state index >= 15 is 0 Å². The number of furan rings is 1. The van der Waals surface area contributed by atoms with Gasteiger partial charge in [0.25, 0.3) is 11.8 Å². The number of carbonyl (C=O) groups is 1. The topological polar surface area (TPSA) is 107 Å². The molecular formula is C23H20F3N5O4. The first-order valence-corrected chi connectivity index (χ1v) is 10.6. The summed E-state index contributed by atoms with van der Waals surface area (Å²) in [7, 11) is 0. The fourth-order valence-corrected chi connectivity index (χ4v) is 3.42. The van der Waals surface area contributed by atoms with E-state index in [1.807, 2.05) is 6.92 Å². The zero-order chi connectivity index (χ0) is 25.2. The number of carbonyl (C=O) groups excluding carboxylic acids is 1. The Kier molecular flexibility index (Phi) is 6.54. The predicted octanol–water partition coefficient (Wildman–Crippen LogP) is 4.26. The molecule has 0 atom stereocenters. The summed E-state index contributed by atoms with van der Waals surface area (Å²) in [4.78, 5) is 27.2. The SMILES string of the molecule is CCCN(Cc1nnc(-c2ccco2)o1)C(=O)c1nn(-c2cccc(C(F)(F)F)c2)c(C)cc1=O. The van der Waals surface area contributed by atoms with Crippen LogP contribution in [0.1, 0.15) is 41.0 Å². The lowest BCUT2D eigenvalue weighted by molar-refractivity contribution is -0.137. The minimum Gasteiger partial charge on any atom is -0.459 e. The van der Waals surface area contributed by atoms with Crippen molar-refractivity contribution in [3.05, 3.63) is 81.8 Å². The zero-order valence-corrected chi connectivity index (χ0v) is 18.7. The molecule has 4 rings (SSSR count). The summed E-state index contributed by atoms with van der Waals surface area (Å²) in [5.41, 5.74) is -1.63. The maximum absolute atomic E-state index is 13.3. The van der Waals surface area contributed by atoms with Gasteiger partial charge in [-0.25, -0.2) is 4.68 Å². The molecule has 182 valence electrons. The number of aromatic nitrogens is 4. The van der Waals surface area contributed by atoms with Crippen molar-refractivity contribution in [1.29, 1.82) is 0 Å². The zero-order valence-electron chi connectivity index (χ0n) is 18.7. The van der Waals surface area contributed by atoms with Crippen molar-refractivity contribution in [1.82, 2.24) is 24.9 Å². The molecule has 12 heteroatoms. The quantitative estimate of drug-likeness (QED) is 0.383. The maximum Gasteiger partial charge on any atom is 0.416 e. The van der Waals surface area contributed by atoms with E-state index < -0.39 is 28.8 Å². The van der Waals surface area contributed by atoms with E-state index in [9.17, 15) is 22.8 Å². The molecule has 3 heterocycles. The van der Waals surface area contributed by atoms with Crippen molar-refractivity contribution in [2.24, 2.45) is 0 Å². The molecule has 0 fully saturated rings. The molecule has 35 heavy (non-hydrogen) atoms. The fourth-order valence-electron chi connectivity index (χ4n) is 3.42. The van der Waals surface area contributed by atoms with Crippen LogP contribution < -0.4 is 5.43 Å². The molecule has 0 radical (unpaired) electrons. The molecule has 0 saturated heterocycles. The summed E-state index contributed by atoms with van der Waals surface area (Å²) < 4.78 is 51.4. The van der Waals surface area contributed by atoms with Crippen molar-refractivity contribution in [3.63, 3.8) is 0 Å². The van der Waals surface area contributed by atoms with Gasteiger partial charge in [-0.3, -0.25) is 9.59 Å². The highest BCUT2D eigenvalue weighted by atomic mass is 19.4. The average molecular weight is 487 g/mol. The van der Waals surface area contributed by atoms with Crippen molar-refractivity contribution < 1.29 is 26.8 Å². The molecule has 0 aliphatic heterocycles. The minimum absolute atomic E-state index is 0.0633. The first-order valence-electron chi connectivity index (χ1n) is 10.6. The van der Waals surface area contributed by atoms with Gasteiger partial charge in [0.2, 0.25) is 11.3 Å². The summed E-state index contributed by atoms with van der Waals surface area (Å²) in [6.07, 6.45) is -2.55. The van der Waals surface area contributed by atoms with Crippen LogP contribution >= 0.6 is 0 Å². The molecule has 0 aliphatic rings. The Bertz CT molecular complexity index is 1390. The highest BCUT2D eigenvalue weighted by Gasteiger charge is 2.31. The Morgan fingerprint density at radius 2 is 1.94 bits per heavy atom. The van der Waals surface area contributed by atoms with E-state index in [-0.39, 0.29) is 36.3 Å². The molecule has 4 aromatic rings. The molecular weight excluding hydrogens is 467 g/mol. The van der Waals surface area contributed by atoms with Crippen molar-refractivity contribution in [2.45, 2.75) is 33.0 Å². The Labute approximate surface area is 196 Å². The molecule has 0 bridgehead atoms. The third-order valence-electron chi connectivity index (χ3n) is 5.03. The van der Waals surface area contributed by atoms with Gasteiger partial charge in [0.1, 0.15) is 0 Å². The number of hydrogen-bond donors (Lipinski definition) is 0. The van der Waals surface area contributed by atoms with Gasteiger partial charge < -0.3 is 13.7 Å². The van der Waals surface area contributed by atoms with Gasteiger partial charge in [-0.1, -0.05) is 13.0 Å².